The highest BCUT2D eigenvalue weighted by Gasteiger charge is 2.44. The minimum absolute atomic E-state index is 0.00912. The number of nitrogens with one attached hydrogen (secondary N) is 5. The number of amides is 6. The van der Waals surface area contributed by atoms with Gasteiger partial charge in [0.25, 0.3) is 5.91 Å². The van der Waals surface area contributed by atoms with Crippen molar-refractivity contribution < 1.29 is 33.2 Å². The Morgan fingerprint density at radius 3 is 2.36 bits per heavy atom. The summed E-state index contributed by atoms with van der Waals surface area (Å²) >= 11 is 1.51. The van der Waals surface area contributed by atoms with Gasteiger partial charge in [-0.15, -0.1) is 0 Å². The Morgan fingerprint density at radius 2 is 1.72 bits per heavy atom. The van der Waals surface area contributed by atoms with Crippen LogP contribution in [0.25, 0.3) is 0 Å². The Kier molecular flexibility index (Phi) is 12.1. The van der Waals surface area contributed by atoms with E-state index in [0.717, 1.165) is 0 Å². The van der Waals surface area contributed by atoms with Gasteiger partial charge in [-0.25, -0.2) is 0 Å². The molecule has 4 rings (SSSR count). The summed E-state index contributed by atoms with van der Waals surface area (Å²) in [5.74, 6) is -2.77. The third kappa shape index (κ3) is 8.93. The molecule has 1 aromatic carbocycles. The van der Waals surface area contributed by atoms with Gasteiger partial charge >= 0.3 is 0 Å². The van der Waals surface area contributed by atoms with Crippen molar-refractivity contribution in [1.29, 1.82) is 0 Å². The number of thioether (sulfide) groups is 1. The number of nitrogens with zero attached hydrogens (tertiary/aromatic N) is 1. The van der Waals surface area contributed by atoms with Crippen LogP contribution in [-0.4, -0.2) is 89.1 Å². The van der Waals surface area contributed by atoms with E-state index in [2.05, 4.69) is 26.6 Å². The average Bonchev–Trinajstić information content (AvgIpc) is 3.67. The Balaban J connectivity index is 1.68. The zero-order valence-electron chi connectivity index (χ0n) is 27.3. The molecule has 14 heteroatoms. The molecule has 3 heterocycles. The number of furan rings is 1. The summed E-state index contributed by atoms with van der Waals surface area (Å²) in [6.07, 6.45) is 3.53. The summed E-state index contributed by atoms with van der Waals surface area (Å²) in [6.45, 7) is 6.80. The summed E-state index contributed by atoms with van der Waals surface area (Å²) < 4.78 is 5.32. The molecule has 1 aromatic heterocycles. The number of hydrogen-bond donors (Lipinski definition) is 5. The number of aryl methyl sites for hydroxylation is 1. The van der Waals surface area contributed by atoms with E-state index in [0.29, 0.717) is 23.3 Å². The van der Waals surface area contributed by atoms with Gasteiger partial charge in [-0.05, 0) is 56.2 Å². The smallest absolute Gasteiger partial charge is 0.287 e. The van der Waals surface area contributed by atoms with Gasteiger partial charge in [0.05, 0.1) is 18.7 Å². The second-order valence-corrected chi connectivity index (χ2v) is 13.4. The van der Waals surface area contributed by atoms with Crippen molar-refractivity contribution in [3.63, 3.8) is 0 Å². The van der Waals surface area contributed by atoms with Crippen LogP contribution in [-0.2, 0) is 24.0 Å². The highest BCUT2D eigenvalue weighted by Crippen LogP contribution is 2.23. The second-order valence-electron chi connectivity index (χ2n) is 12.4. The fourth-order valence-corrected chi connectivity index (χ4v) is 6.26. The maximum atomic E-state index is 14.1. The third-order valence-corrected chi connectivity index (χ3v) is 9.09. The summed E-state index contributed by atoms with van der Waals surface area (Å²) in [5.41, 5.74) is 1.32. The minimum Gasteiger partial charge on any atom is -0.459 e. The van der Waals surface area contributed by atoms with E-state index in [1.54, 1.807) is 51.1 Å². The van der Waals surface area contributed by atoms with Crippen molar-refractivity contribution in [2.24, 2.45) is 5.92 Å². The fourth-order valence-electron chi connectivity index (χ4n) is 5.79. The average molecular weight is 669 g/mol. The highest BCUT2D eigenvalue weighted by atomic mass is 32.2. The van der Waals surface area contributed by atoms with Gasteiger partial charge in [-0.1, -0.05) is 44.2 Å². The maximum absolute atomic E-state index is 14.1. The second kappa shape index (κ2) is 16.0. The van der Waals surface area contributed by atoms with E-state index >= 15 is 0 Å². The van der Waals surface area contributed by atoms with Gasteiger partial charge in [0.1, 0.15) is 24.2 Å². The molecule has 2 saturated heterocycles. The van der Waals surface area contributed by atoms with Crippen LogP contribution in [0.15, 0.2) is 47.1 Å². The molecule has 6 atom stereocenters. The van der Waals surface area contributed by atoms with Crippen LogP contribution in [0.2, 0.25) is 0 Å². The molecule has 2 aromatic rings. The lowest BCUT2D eigenvalue weighted by Crippen LogP contribution is -2.59. The molecule has 2 fully saturated rings. The monoisotopic (exact) mass is 668 g/mol. The molecule has 0 bridgehead atoms. The third-order valence-electron chi connectivity index (χ3n) is 8.44. The van der Waals surface area contributed by atoms with Crippen LogP contribution in [0.5, 0.6) is 0 Å². The molecule has 5 N–H and O–H groups in total. The largest absolute Gasteiger partial charge is 0.459 e. The van der Waals surface area contributed by atoms with Crippen molar-refractivity contribution in [2.45, 2.75) is 83.2 Å². The van der Waals surface area contributed by atoms with Crippen LogP contribution < -0.4 is 26.6 Å². The molecule has 2 aliphatic rings. The van der Waals surface area contributed by atoms with Crippen molar-refractivity contribution in [1.82, 2.24) is 31.5 Å². The van der Waals surface area contributed by atoms with Gasteiger partial charge in [-0.3, -0.25) is 28.8 Å². The molecule has 0 saturated carbocycles. The normalized spacial score (nSPS) is 26.3. The molecule has 0 unspecified atom stereocenters. The SMILES string of the molecule is CSCC[C@@H]1NC(=O)C[C@@H](c2ccccc2)NC(=O)[C@H](C)NC(=O)[C@@H]2C[C@H](NC(=O)c3occc3C)CN2C(=O)[C@H](C(C)C)NC1=O. The van der Waals surface area contributed by atoms with Gasteiger partial charge in [0.2, 0.25) is 29.5 Å². The molecule has 13 nitrogen and oxygen atoms in total. The Labute approximate surface area is 278 Å². The fraction of sp³-hybridized carbons (Fsp3) is 0.515. The van der Waals surface area contributed by atoms with E-state index in [1.165, 1.54) is 29.8 Å². The van der Waals surface area contributed by atoms with Crippen molar-refractivity contribution in [3.8, 4) is 0 Å². The molecule has 254 valence electrons. The number of hydrogen-bond acceptors (Lipinski definition) is 8. The zero-order valence-corrected chi connectivity index (χ0v) is 28.1. The summed E-state index contributed by atoms with van der Waals surface area (Å²) in [7, 11) is 0. The summed E-state index contributed by atoms with van der Waals surface area (Å²) in [6, 6.07) is 5.25. The summed E-state index contributed by atoms with van der Waals surface area (Å²) in [4.78, 5) is 82.6. The van der Waals surface area contributed by atoms with E-state index in [-0.39, 0.29) is 31.1 Å². The van der Waals surface area contributed by atoms with Gasteiger partial charge in [0, 0.05) is 18.2 Å². The van der Waals surface area contributed by atoms with E-state index in [4.69, 9.17) is 4.42 Å². The maximum Gasteiger partial charge on any atom is 0.287 e. The highest BCUT2D eigenvalue weighted by molar-refractivity contribution is 7.98. The number of benzene rings is 1. The summed E-state index contributed by atoms with van der Waals surface area (Å²) in [5, 5.41) is 14.1. The number of rotatable bonds is 7. The minimum atomic E-state index is -1.04. The predicted molar refractivity (Wildman–Crippen MR) is 176 cm³/mol. The lowest BCUT2D eigenvalue weighted by molar-refractivity contribution is -0.143. The van der Waals surface area contributed by atoms with Crippen molar-refractivity contribution in [2.75, 3.05) is 18.6 Å². The first-order valence-electron chi connectivity index (χ1n) is 15.8. The molecular formula is C33H44N6O7S. The van der Waals surface area contributed by atoms with E-state index in [9.17, 15) is 28.8 Å². The van der Waals surface area contributed by atoms with Crippen LogP contribution in [0.3, 0.4) is 0 Å². The topological polar surface area (TPSA) is 179 Å². The molecule has 0 spiro atoms. The first-order chi connectivity index (χ1) is 22.4. The van der Waals surface area contributed by atoms with Crippen molar-refractivity contribution >= 4 is 47.2 Å². The number of carbonyl (C=O) groups excluding carboxylic acids is 6. The van der Waals surface area contributed by atoms with Crippen LogP contribution >= 0.6 is 11.8 Å². The quantitative estimate of drug-likeness (QED) is 0.294. The Bertz CT molecular complexity index is 1460. The van der Waals surface area contributed by atoms with Crippen LogP contribution in [0.4, 0.5) is 0 Å². The van der Waals surface area contributed by atoms with Crippen molar-refractivity contribution in [3.05, 3.63) is 59.5 Å². The molecule has 0 aliphatic carbocycles. The lowest BCUT2D eigenvalue weighted by Gasteiger charge is -2.32. The Hall–Kier alpha value is -4.33. The van der Waals surface area contributed by atoms with Gasteiger partial charge in [-0.2, -0.15) is 11.8 Å². The molecule has 0 radical (unpaired) electrons. The lowest BCUT2D eigenvalue weighted by atomic mass is 10.0. The number of carbonyl (C=O) groups is 6. The molecule has 2 aliphatic heterocycles. The first kappa shape index (κ1) is 35.5. The van der Waals surface area contributed by atoms with E-state index in [1.807, 2.05) is 12.3 Å². The van der Waals surface area contributed by atoms with Crippen LogP contribution in [0.1, 0.15) is 67.8 Å². The van der Waals surface area contributed by atoms with Gasteiger partial charge in [0.15, 0.2) is 5.76 Å². The number of fused-ring (bicyclic) bond motifs is 1. The molecular weight excluding hydrogens is 624 g/mol. The molecule has 47 heavy (non-hydrogen) atoms. The zero-order chi connectivity index (χ0) is 34.2. The van der Waals surface area contributed by atoms with E-state index < -0.39 is 71.7 Å². The standard InChI is InChI=1S/C33H44N6O7S/c1-18(2)27-33(45)39-17-22(35-32(44)28-19(3)11-13-46-28)15-25(39)31(43)34-20(4)29(41)37-24(21-9-7-6-8-10-21)16-26(40)36-23(12-14-47-5)30(42)38-27/h6-11,13,18,20,22-25,27H,12,14-17H2,1-5H3,(H,34,43)(H,35,44)(H,36,40)(H,37,41)(H,38,42)/t20-,22-,23-,24-,25-,27-/m0/s1. The Morgan fingerprint density at radius 1 is 1.00 bits per heavy atom. The molecule has 6 amide bonds. The predicted octanol–water partition coefficient (Wildman–Crippen LogP) is 1.43. The van der Waals surface area contributed by atoms with Crippen LogP contribution in [0, 0.1) is 12.8 Å². The first-order valence-corrected chi connectivity index (χ1v) is 17.2. The van der Waals surface area contributed by atoms with Gasteiger partial charge < -0.3 is 35.9 Å².